The maximum absolute atomic E-state index is 5.56. The molecule has 1 aliphatic heterocycles. The van der Waals surface area contributed by atoms with Crippen molar-refractivity contribution in [1.82, 2.24) is 15.0 Å². The van der Waals surface area contributed by atoms with Gasteiger partial charge < -0.3 is 4.74 Å². The van der Waals surface area contributed by atoms with Crippen LogP contribution in [0.3, 0.4) is 0 Å². The first-order valence-corrected chi connectivity index (χ1v) is 5.50. The van der Waals surface area contributed by atoms with Crippen LogP contribution in [0.25, 0.3) is 0 Å². The van der Waals surface area contributed by atoms with Gasteiger partial charge in [-0.1, -0.05) is 4.49 Å². The van der Waals surface area contributed by atoms with Gasteiger partial charge in [-0.05, 0) is 30.3 Å². The SMILES string of the molecule is NNC(c1cnns1)C1CCOCC1. The van der Waals surface area contributed by atoms with Gasteiger partial charge in [0.1, 0.15) is 0 Å². The summed E-state index contributed by atoms with van der Waals surface area (Å²) in [5, 5.41) is 3.83. The zero-order valence-corrected chi connectivity index (χ0v) is 8.67. The van der Waals surface area contributed by atoms with Crippen molar-refractivity contribution < 1.29 is 4.74 Å². The third-order valence-corrected chi connectivity index (χ3v) is 3.35. The number of hydrogen-bond donors (Lipinski definition) is 2. The topological polar surface area (TPSA) is 73.1 Å². The predicted molar refractivity (Wildman–Crippen MR) is 53.5 cm³/mol. The molecule has 0 aromatic carbocycles. The molecule has 0 amide bonds. The minimum Gasteiger partial charge on any atom is -0.381 e. The van der Waals surface area contributed by atoms with E-state index in [1.807, 2.05) is 0 Å². The largest absolute Gasteiger partial charge is 0.381 e. The predicted octanol–water partition coefficient (Wildman–Crippen LogP) is 0.469. The van der Waals surface area contributed by atoms with Crippen molar-refractivity contribution in [3.05, 3.63) is 11.1 Å². The van der Waals surface area contributed by atoms with E-state index in [2.05, 4.69) is 15.0 Å². The Balaban J connectivity index is 2.04. The van der Waals surface area contributed by atoms with Crippen molar-refractivity contribution in [2.75, 3.05) is 13.2 Å². The summed E-state index contributed by atoms with van der Waals surface area (Å²) >= 11 is 1.40. The van der Waals surface area contributed by atoms with E-state index >= 15 is 0 Å². The normalized spacial score (nSPS) is 20.9. The highest BCUT2D eigenvalue weighted by Crippen LogP contribution is 2.30. The molecule has 1 aliphatic rings. The zero-order chi connectivity index (χ0) is 9.80. The van der Waals surface area contributed by atoms with Crippen molar-refractivity contribution in [1.29, 1.82) is 0 Å². The lowest BCUT2D eigenvalue weighted by Crippen LogP contribution is -2.35. The summed E-state index contributed by atoms with van der Waals surface area (Å²) in [4.78, 5) is 1.11. The number of nitrogens with zero attached hydrogens (tertiary/aromatic N) is 2. The Hall–Kier alpha value is -0.560. The Kier molecular flexibility index (Phi) is 3.41. The highest BCUT2D eigenvalue weighted by Gasteiger charge is 2.25. The Morgan fingerprint density at radius 1 is 1.57 bits per heavy atom. The molecule has 0 aliphatic carbocycles. The summed E-state index contributed by atoms with van der Waals surface area (Å²) in [6.45, 7) is 1.66. The molecule has 6 heteroatoms. The first-order chi connectivity index (χ1) is 6.92. The van der Waals surface area contributed by atoms with Crippen molar-refractivity contribution in [3.8, 4) is 0 Å². The van der Waals surface area contributed by atoms with Gasteiger partial charge in [0.05, 0.1) is 17.1 Å². The standard InChI is InChI=1S/C8H14N4OS/c9-11-8(7-5-10-12-14-7)6-1-3-13-4-2-6/h5-6,8,11H,1-4,9H2. The fraction of sp³-hybridized carbons (Fsp3) is 0.750. The highest BCUT2D eigenvalue weighted by atomic mass is 32.1. The van der Waals surface area contributed by atoms with Gasteiger partial charge in [0, 0.05) is 13.2 Å². The van der Waals surface area contributed by atoms with Crippen LogP contribution >= 0.6 is 11.5 Å². The lowest BCUT2D eigenvalue weighted by molar-refractivity contribution is 0.0540. The van der Waals surface area contributed by atoms with Gasteiger partial charge in [-0.2, -0.15) is 0 Å². The highest BCUT2D eigenvalue weighted by molar-refractivity contribution is 7.05. The van der Waals surface area contributed by atoms with Crippen molar-refractivity contribution in [3.63, 3.8) is 0 Å². The van der Waals surface area contributed by atoms with Crippen LogP contribution in [-0.2, 0) is 4.74 Å². The van der Waals surface area contributed by atoms with E-state index < -0.39 is 0 Å². The molecule has 0 spiro atoms. The second-order valence-electron chi connectivity index (χ2n) is 3.41. The Labute approximate surface area is 86.8 Å². The molecule has 1 aromatic heterocycles. The molecule has 2 heterocycles. The molecule has 1 saturated heterocycles. The molecule has 14 heavy (non-hydrogen) atoms. The van der Waals surface area contributed by atoms with E-state index in [4.69, 9.17) is 10.6 Å². The Morgan fingerprint density at radius 3 is 2.93 bits per heavy atom. The number of hydrazine groups is 1. The third-order valence-electron chi connectivity index (χ3n) is 2.60. The summed E-state index contributed by atoms with van der Waals surface area (Å²) in [6, 6.07) is 0.180. The molecular formula is C8H14N4OS. The van der Waals surface area contributed by atoms with Crippen molar-refractivity contribution in [2.24, 2.45) is 11.8 Å². The summed E-state index contributed by atoms with van der Waals surface area (Å²) in [5.41, 5.74) is 2.85. The van der Waals surface area contributed by atoms with Gasteiger partial charge in [0.25, 0.3) is 0 Å². The Bertz CT molecular complexity index is 260. The van der Waals surface area contributed by atoms with Crippen LogP contribution < -0.4 is 11.3 Å². The number of ether oxygens (including phenoxy) is 1. The van der Waals surface area contributed by atoms with Gasteiger partial charge in [-0.3, -0.25) is 11.3 Å². The lowest BCUT2D eigenvalue weighted by atomic mass is 9.91. The second kappa shape index (κ2) is 4.79. The number of rotatable bonds is 3. The molecule has 1 unspecified atom stereocenters. The summed E-state index contributed by atoms with van der Waals surface area (Å²) in [7, 11) is 0. The van der Waals surface area contributed by atoms with Gasteiger partial charge in [0.15, 0.2) is 0 Å². The van der Waals surface area contributed by atoms with Crippen LogP contribution in [-0.4, -0.2) is 22.8 Å². The molecule has 1 fully saturated rings. The molecule has 1 atom stereocenters. The van der Waals surface area contributed by atoms with Gasteiger partial charge in [-0.25, -0.2) is 0 Å². The molecular weight excluding hydrogens is 200 g/mol. The second-order valence-corrected chi connectivity index (χ2v) is 4.23. The number of aromatic nitrogens is 2. The van der Waals surface area contributed by atoms with Gasteiger partial charge in [-0.15, -0.1) is 5.10 Å². The molecule has 1 aromatic rings. The first kappa shape index (κ1) is 9.97. The average Bonchev–Trinajstić information content (AvgIpc) is 2.74. The summed E-state index contributed by atoms with van der Waals surface area (Å²) in [5.74, 6) is 6.09. The van der Waals surface area contributed by atoms with Crippen molar-refractivity contribution in [2.45, 2.75) is 18.9 Å². The van der Waals surface area contributed by atoms with Crippen LogP contribution in [0.5, 0.6) is 0 Å². The number of nitrogens with one attached hydrogen (secondary N) is 1. The van der Waals surface area contributed by atoms with Crippen LogP contribution in [0.15, 0.2) is 6.20 Å². The summed E-state index contributed by atoms with van der Waals surface area (Å²) < 4.78 is 9.17. The van der Waals surface area contributed by atoms with E-state index in [9.17, 15) is 0 Å². The van der Waals surface area contributed by atoms with Gasteiger partial charge >= 0.3 is 0 Å². The monoisotopic (exact) mass is 214 g/mol. The van der Waals surface area contributed by atoms with E-state index in [0.717, 1.165) is 30.9 Å². The fourth-order valence-corrected chi connectivity index (χ4v) is 2.47. The lowest BCUT2D eigenvalue weighted by Gasteiger charge is -2.28. The van der Waals surface area contributed by atoms with Gasteiger partial charge in [0.2, 0.25) is 0 Å². The quantitative estimate of drug-likeness (QED) is 0.565. The molecule has 3 N–H and O–H groups in total. The third kappa shape index (κ3) is 2.09. The minimum absolute atomic E-state index is 0.180. The zero-order valence-electron chi connectivity index (χ0n) is 7.85. The van der Waals surface area contributed by atoms with Crippen LogP contribution in [0.1, 0.15) is 23.8 Å². The molecule has 78 valence electrons. The van der Waals surface area contributed by atoms with E-state index in [0.29, 0.717) is 5.92 Å². The maximum atomic E-state index is 5.56. The smallest absolute Gasteiger partial charge is 0.0669 e. The molecule has 0 radical (unpaired) electrons. The van der Waals surface area contributed by atoms with E-state index in [-0.39, 0.29) is 6.04 Å². The van der Waals surface area contributed by atoms with E-state index in [1.54, 1.807) is 6.20 Å². The Morgan fingerprint density at radius 2 is 2.36 bits per heavy atom. The number of hydrogen-bond acceptors (Lipinski definition) is 6. The fourth-order valence-electron chi connectivity index (χ4n) is 1.81. The first-order valence-electron chi connectivity index (χ1n) is 4.73. The molecule has 0 saturated carbocycles. The van der Waals surface area contributed by atoms with E-state index in [1.165, 1.54) is 11.5 Å². The van der Waals surface area contributed by atoms with Crippen LogP contribution in [0.2, 0.25) is 0 Å². The maximum Gasteiger partial charge on any atom is 0.0669 e. The van der Waals surface area contributed by atoms with Crippen LogP contribution in [0.4, 0.5) is 0 Å². The molecule has 5 nitrogen and oxygen atoms in total. The molecule has 2 rings (SSSR count). The number of nitrogens with two attached hydrogens (primary N) is 1. The average molecular weight is 214 g/mol. The minimum atomic E-state index is 0.180. The molecule has 0 bridgehead atoms. The van der Waals surface area contributed by atoms with Crippen LogP contribution in [0, 0.1) is 5.92 Å². The van der Waals surface area contributed by atoms with Crippen molar-refractivity contribution >= 4 is 11.5 Å². The summed E-state index contributed by atoms with van der Waals surface area (Å²) in [6.07, 6.45) is 3.88.